The van der Waals surface area contributed by atoms with E-state index in [0.717, 1.165) is 29.2 Å². The largest absolute Gasteiger partial charge is 0.497 e. The van der Waals surface area contributed by atoms with Gasteiger partial charge >= 0.3 is 0 Å². The molecule has 0 saturated carbocycles. The molecule has 0 aliphatic rings. The second-order valence-electron chi connectivity index (χ2n) is 4.63. The molecule has 0 radical (unpaired) electrons. The van der Waals surface area contributed by atoms with Crippen LogP contribution in [0.2, 0.25) is 0 Å². The first-order valence-electron chi connectivity index (χ1n) is 6.67. The van der Waals surface area contributed by atoms with E-state index in [1.807, 2.05) is 36.4 Å². The molecule has 0 amide bonds. The second kappa shape index (κ2) is 7.36. The summed E-state index contributed by atoms with van der Waals surface area (Å²) in [6.07, 6.45) is 0.847. The van der Waals surface area contributed by atoms with Crippen molar-refractivity contribution < 1.29 is 14.2 Å². The Balaban J connectivity index is 2.21. The van der Waals surface area contributed by atoms with E-state index < -0.39 is 0 Å². The van der Waals surface area contributed by atoms with Crippen LogP contribution < -0.4 is 14.2 Å². The monoisotopic (exact) mass is 350 g/mol. The lowest BCUT2D eigenvalue weighted by molar-refractivity contribution is 0.391. The van der Waals surface area contributed by atoms with Crippen molar-refractivity contribution in [3.8, 4) is 17.2 Å². The Morgan fingerprint density at radius 3 is 2.29 bits per heavy atom. The summed E-state index contributed by atoms with van der Waals surface area (Å²) in [5.74, 6) is 2.48. The van der Waals surface area contributed by atoms with Crippen LogP contribution in [0, 0.1) is 0 Å². The molecule has 0 aliphatic carbocycles. The topological polar surface area (TPSA) is 27.7 Å². The number of hydrogen-bond acceptors (Lipinski definition) is 3. The van der Waals surface area contributed by atoms with Gasteiger partial charge in [0.15, 0.2) is 0 Å². The summed E-state index contributed by atoms with van der Waals surface area (Å²) in [5.41, 5.74) is 2.30. The van der Waals surface area contributed by atoms with Gasteiger partial charge in [0.2, 0.25) is 0 Å². The number of alkyl halides is 1. The van der Waals surface area contributed by atoms with Crippen molar-refractivity contribution in [2.45, 2.75) is 11.2 Å². The van der Waals surface area contributed by atoms with Gasteiger partial charge in [-0.25, -0.2) is 0 Å². The zero-order chi connectivity index (χ0) is 15.2. The number of halogens is 1. The van der Waals surface area contributed by atoms with Crippen LogP contribution in [0.1, 0.15) is 16.0 Å². The summed E-state index contributed by atoms with van der Waals surface area (Å²) in [4.78, 5) is 0.158. The Labute approximate surface area is 134 Å². The first-order valence-corrected chi connectivity index (χ1v) is 7.58. The van der Waals surface area contributed by atoms with Crippen LogP contribution in [-0.4, -0.2) is 21.3 Å². The normalized spacial score (nSPS) is 11.8. The van der Waals surface area contributed by atoms with Crippen molar-refractivity contribution in [1.82, 2.24) is 0 Å². The molecule has 0 fully saturated rings. The van der Waals surface area contributed by atoms with Gasteiger partial charge in [0.05, 0.1) is 21.3 Å². The molecule has 0 N–H and O–H groups in total. The molecule has 1 atom stereocenters. The summed E-state index contributed by atoms with van der Waals surface area (Å²) >= 11 is 3.75. The van der Waals surface area contributed by atoms with Crippen LogP contribution in [0.15, 0.2) is 42.5 Å². The Kier molecular flexibility index (Phi) is 5.51. The highest BCUT2D eigenvalue weighted by molar-refractivity contribution is 9.09. The Bertz CT molecular complexity index is 598. The molecular weight excluding hydrogens is 332 g/mol. The highest BCUT2D eigenvalue weighted by Gasteiger charge is 2.15. The fourth-order valence-electron chi connectivity index (χ4n) is 2.19. The molecule has 1 unspecified atom stereocenters. The second-order valence-corrected chi connectivity index (χ2v) is 5.74. The van der Waals surface area contributed by atoms with Crippen molar-refractivity contribution in [3.63, 3.8) is 0 Å². The SMILES string of the molecule is COc1cccc(CC(Br)c2ccc(OC)cc2OC)c1. The third-order valence-electron chi connectivity index (χ3n) is 3.33. The average Bonchev–Trinajstić information content (AvgIpc) is 2.54. The van der Waals surface area contributed by atoms with Crippen LogP contribution in [-0.2, 0) is 6.42 Å². The van der Waals surface area contributed by atoms with Gasteiger partial charge in [0.1, 0.15) is 17.2 Å². The molecule has 2 rings (SSSR count). The van der Waals surface area contributed by atoms with Crippen molar-refractivity contribution in [2.75, 3.05) is 21.3 Å². The summed E-state index contributed by atoms with van der Waals surface area (Å²) in [5, 5.41) is 0. The molecule has 21 heavy (non-hydrogen) atoms. The fraction of sp³-hybridized carbons (Fsp3) is 0.294. The molecule has 112 valence electrons. The van der Waals surface area contributed by atoms with Gasteiger partial charge in [-0.15, -0.1) is 0 Å². The van der Waals surface area contributed by atoms with Crippen LogP contribution in [0.4, 0.5) is 0 Å². The molecular formula is C17H19BrO3. The maximum absolute atomic E-state index is 5.46. The minimum atomic E-state index is 0.158. The summed E-state index contributed by atoms with van der Waals surface area (Å²) in [6.45, 7) is 0. The van der Waals surface area contributed by atoms with Gasteiger partial charge in [-0.2, -0.15) is 0 Å². The van der Waals surface area contributed by atoms with E-state index in [1.54, 1.807) is 21.3 Å². The summed E-state index contributed by atoms with van der Waals surface area (Å²) in [7, 11) is 5.00. The molecule has 0 saturated heterocycles. The van der Waals surface area contributed by atoms with E-state index in [2.05, 4.69) is 22.0 Å². The number of ether oxygens (including phenoxy) is 3. The quantitative estimate of drug-likeness (QED) is 0.723. The van der Waals surface area contributed by atoms with E-state index in [4.69, 9.17) is 14.2 Å². The van der Waals surface area contributed by atoms with Crippen molar-refractivity contribution in [1.29, 1.82) is 0 Å². The van der Waals surface area contributed by atoms with Crippen molar-refractivity contribution in [3.05, 3.63) is 53.6 Å². The van der Waals surface area contributed by atoms with E-state index >= 15 is 0 Å². The van der Waals surface area contributed by atoms with Gasteiger partial charge in [0.25, 0.3) is 0 Å². The van der Waals surface area contributed by atoms with Crippen LogP contribution in [0.25, 0.3) is 0 Å². The Hall–Kier alpha value is -1.68. The smallest absolute Gasteiger partial charge is 0.126 e. The summed E-state index contributed by atoms with van der Waals surface area (Å²) in [6, 6.07) is 13.9. The van der Waals surface area contributed by atoms with E-state index in [0.29, 0.717) is 0 Å². The van der Waals surface area contributed by atoms with Crippen molar-refractivity contribution in [2.24, 2.45) is 0 Å². The van der Waals surface area contributed by atoms with E-state index in [1.165, 1.54) is 5.56 Å². The predicted molar refractivity (Wildman–Crippen MR) is 87.9 cm³/mol. The van der Waals surface area contributed by atoms with Gasteiger partial charge in [-0.3, -0.25) is 0 Å². The molecule has 0 bridgehead atoms. The molecule has 0 heterocycles. The number of rotatable bonds is 6. The fourth-order valence-corrected chi connectivity index (χ4v) is 2.95. The molecule has 4 heteroatoms. The van der Waals surface area contributed by atoms with Gasteiger partial charge in [-0.1, -0.05) is 34.1 Å². The molecule has 0 spiro atoms. The highest BCUT2D eigenvalue weighted by Crippen LogP contribution is 2.36. The third kappa shape index (κ3) is 3.91. The van der Waals surface area contributed by atoms with Gasteiger partial charge in [-0.05, 0) is 30.2 Å². The zero-order valence-corrected chi connectivity index (χ0v) is 14.0. The maximum atomic E-state index is 5.46. The molecule has 3 nitrogen and oxygen atoms in total. The third-order valence-corrected chi connectivity index (χ3v) is 4.14. The van der Waals surface area contributed by atoms with Crippen LogP contribution >= 0.6 is 15.9 Å². The number of benzene rings is 2. The number of hydrogen-bond donors (Lipinski definition) is 0. The van der Waals surface area contributed by atoms with Gasteiger partial charge in [0, 0.05) is 16.5 Å². The minimum Gasteiger partial charge on any atom is -0.497 e. The minimum absolute atomic E-state index is 0.158. The first-order chi connectivity index (χ1) is 10.2. The Morgan fingerprint density at radius 1 is 0.905 bits per heavy atom. The zero-order valence-electron chi connectivity index (χ0n) is 12.4. The van der Waals surface area contributed by atoms with Crippen molar-refractivity contribution >= 4 is 15.9 Å². The van der Waals surface area contributed by atoms with Crippen LogP contribution in [0.5, 0.6) is 17.2 Å². The first kappa shape index (κ1) is 15.7. The maximum Gasteiger partial charge on any atom is 0.126 e. The average molecular weight is 351 g/mol. The molecule has 0 aliphatic heterocycles. The lowest BCUT2D eigenvalue weighted by atomic mass is 10.0. The van der Waals surface area contributed by atoms with Gasteiger partial charge < -0.3 is 14.2 Å². The number of methoxy groups -OCH3 is 3. The van der Waals surface area contributed by atoms with E-state index in [9.17, 15) is 0 Å². The highest BCUT2D eigenvalue weighted by atomic mass is 79.9. The molecule has 2 aromatic carbocycles. The summed E-state index contributed by atoms with van der Waals surface area (Å²) < 4.78 is 15.9. The lowest BCUT2D eigenvalue weighted by Crippen LogP contribution is -2.00. The van der Waals surface area contributed by atoms with E-state index in [-0.39, 0.29) is 4.83 Å². The van der Waals surface area contributed by atoms with Crippen LogP contribution in [0.3, 0.4) is 0 Å². The predicted octanol–water partition coefficient (Wildman–Crippen LogP) is 4.39. The molecule has 2 aromatic rings. The standard InChI is InChI=1S/C17H19BrO3/c1-19-13-6-4-5-12(9-13)10-16(18)15-8-7-14(20-2)11-17(15)21-3/h4-9,11,16H,10H2,1-3H3. The molecule has 0 aromatic heterocycles. The Morgan fingerprint density at radius 2 is 1.62 bits per heavy atom. The lowest BCUT2D eigenvalue weighted by Gasteiger charge is -2.16.